The van der Waals surface area contributed by atoms with E-state index in [1.54, 1.807) is 18.2 Å². The number of benzene rings is 1. The molecule has 0 fully saturated rings. The molecule has 0 spiro atoms. The molecule has 6 nitrogen and oxygen atoms in total. The topological polar surface area (TPSA) is 110 Å². The Bertz CT molecular complexity index is 446. The summed E-state index contributed by atoms with van der Waals surface area (Å²) in [4.78, 5) is 22.4. The molecule has 1 aromatic carbocycles. The molecular formula is C12H18N4O2. The Kier molecular flexibility index (Phi) is 4.98. The number of carbonyl (C=O) groups excluding carboxylic acids is 2. The van der Waals surface area contributed by atoms with Crippen LogP contribution in [0.5, 0.6) is 0 Å². The third-order valence-electron chi connectivity index (χ3n) is 2.31. The predicted octanol–water partition coefficient (Wildman–Crippen LogP) is 0.306. The third-order valence-corrected chi connectivity index (χ3v) is 2.31. The van der Waals surface area contributed by atoms with E-state index in [4.69, 9.17) is 11.5 Å². The summed E-state index contributed by atoms with van der Waals surface area (Å²) in [6.45, 7) is 2.75. The Morgan fingerprint density at radius 2 is 2.06 bits per heavy atom. The van der Waals surface area contributed by atoms with Crippen LogP contribution in [0, 0.1) is 0 Å². The normalized spacial score (nSPS) is 9.83. The molecule has 1 rings (SSSR count). The van der Waals surface area contributed by atoms with Crippen molar-refractivity contribution in [3.63, 3.8) is 0 Å². The number of rotatable bonds is 6. The molecule has 0 radical (unpaired) electrons. The third kappa shape index (κ3) is 3.97. The predicted molar refractivity (Wildman–Crippen MR) is 71.2 cm³/mol. The first-order valence-corrected chi connectivity index (χ1v) is 5.74. The maximum absolute atomic E-state index is 11.8. The molecule has 0 aromatic heterocycles. The van der Waals surface area contributed by atoms with Crippen molar-refractivity contribution >= 4 is 23.2 Å². The van der Waals surface area contributed by atoms with Crippen LogP contribution in [0.2, 0.25) is 0 Å². The highest BCUT2D eigenvalue weighted by Crippen LogP contribution is 2.19. The van der Waals surface area contributed by atoms with E-state index < -0.39 is 5.91 Å². The number of carbonyl (C=O) groups is 2. The van der Waals surface area contributed by atoms with Crippen LogP contribution >= 0.6 is 0 Å². The van der Waals surface area contributed by atoms with Gasteiger partial charge in [0.15, 0.2) is 0 Å². The zero-order valence-corrected chi connectivity index (χ0v) is 10.3. The minimum Gasteiger partial charge on any atom is -0.399 e. The summed E-state index contributed by atoms with van der Waals surface area (Å²) in [5, 5.41) is 5.69. The van der Waals surface area contributed by atoms with E-state index in [1.165, 1.54) is 0 Å². The van der Waals surface area contributed by atoms with Crippen LogP contribution in [-0.2, 0) is 4.79 Å². The van der Waals surface area contributed by atoms with Gasteiger partial charge in [-0.2, -0.15) is 0 Å². The second kappa shape index (κ2) is 6.48. The van der Waals surface area contributed by atoms with Crippen molar-refractivity contribution in [2.24, 2.45) is 5.73 Å². The summed E-state index contributed by atoms with van der Waals surface area (Å²) < 4.78 is 0. The summed E-state index contributed by atoms with van der Waals surface area (Å²) in [6, 6.07) is 4.96. The number of nitrogens with two attached hydrogens (primary N) is 2. The fourth-order valence-corrected chi connectivity index (χ4v) is 1.48. The monoisotopic (exact) mass is 250 g/mol. The van der Waals surface area contributed by atoms with Crippen LogP contribution in [0.1, 0.15) is 23.7 Å². The molecule has 0 bridgehead atoms. The highest BCUT2D eigenvalue weighted by Gasteiger charge is 2.10. The average molecular weight is 250 g/mol. The van der Waals surface area contributed by atoms with Gasteiger partial charge in [-0.05, 0) is 25.1 Å². The molecule has 2 amide bonds. The number of primary amides is 1. The van der Waals surface area contributed by atoms with Gasteiger partial charge in [0.1, 0.15) is 0 Å². The van der Waals surface area contributed by atoms with E-state index >= 15 is 0 Å². The van der Waals surface area contributed by atoms with E-state index in [-0.39, 0.29) is 12.3 Å². The average Bonchev–Trinajstić information content (AvgIpc) is 2.29. The molecule has 98 valence electrons. The van der Waals surface area contributed by atoms with Gasteiger partial charge in [-0.1, -0.05) is 0 Å². The van der Waals surface area contributed by atoms with E-state index in [9.17, 15) is 9.59 Å². The van der Waals surface area contributed by atoms with E-state index in [0.717, 1.165) is 0 Å². The first-order valence-electron chi connectivity index (χ1n) is 5.74. The summed E-state index contributed by atoms with van der Waals surface area (Å²) in [5.41, 5.74) is 12.4. The summed E-state index contributed by atoms with van der Waals surface area (Å²) in [5.74, 6) is -0.579. The fraction of sp³-hybridized carbons (Fsp3) is 0.333. The second-order valence-corrected chi connectivity index (χ2v) is 3.81. The summed E-state index contributed by atoms with van der Waals surface area (Å²) in [6.07, 6.45) is 0.198. The van der Waals surface area contributed by atoms with Gasteiger partial charge in [-0.15, -0.1) is 0 Å². The molecule has 6 heteroatoms. The van der Waals surface area contributed by atoms with Crippen LogP contribution in [0.3, 0.4) is 0 Å². The smallest absolute Gasteiger partial charge is 0.253 e. The van der Waals surface area contributed by atoms with Crippen molar-refractivity contribution in [3.05, 3.63) is 23.8 Å². The van der Waals surface area contributed by atoms with Gasteiger partial charge in [0.2, 0.25) is 5.91 Å². The molecule has 18 heavy (non-hydrogen) atoms. The number of hydrogen-bond acceptors (Lipinski definition) is 4. The summed E-state index contributed by atoms with van der Waals surface area (Å²) >= 11 is 0. The van der Waals surface area contributed by atoms with E-state index in [2.05, 4.69) is 10.6 Å². The van der Waals surface area contributed by atoms with Crippen molar-refractivity contribution in [2.45, 2.75) is 13.3 Å². The molecule has 0 heterocycles. The van der Waals surface area contributed by atoms with Gasteiger partial charge >= 0.3 is 0 Å². The van der Waals surface area contributed by atoms with Crippen LogP contribution < -0.4 is 22.1 Å². The molecule has 0 aliphatic rings. The molecule has 0 unspecified atom stereocenters. The quantitative estimate of drug-likeness (QED) is 0.544. The first kappa shape index (κ1) is 13.8. The molecule has 0 saturated heterocycles. The van der Waals surface area contributed by atoms with Crippen LogP contribution in [0.15, 0.2) is 18.2 Å². The van der Waals surface area contributed by atoms with Crippen molar-refractivity contribution < 1.29 is 9.59 Å². The Hall–Kier alpha value is -2.24. The number of nitrogens with one attached hydrogen (secondary N) is 2. The molecular weight excluding hydrogens is 232 g/mol. The Morgan fingerprint density at radius 1 is 1.33 bits per heavy atom. The second-order valence-electron chi connectivity index (χ2n) is 3.81. The largest absolute Gasteiger partial charge is 0.399 e. The highest BCUT2D eigenvalue weighted by atomic mass is 16.2. The minimum absolute atomic E-state index is 0.181. The highest BCUT2D eigenvalue weighted by molar-refractivity contribution is 6.00. The van der Waals surface area contributed by atoms with Crippen LogP contribution in [0.4, 0.5) is 11.4 Å². The molecule has 0 aliphatic carbocycles. The number of hydrogen-bond donors (Lipinski definition) is 4. The van der Waals surface area contributed by atoms with Gasteiger partial charge < -0.3 is 22.1 Å². The Labute approximate surface area is 106 Å². The number of anilines is 2. The number of amides is 2. The SMILES string of the molecule is CCNC(=O)c1ccc(N)cc1NCCC(N)=O. The van der Waals surface area contributed by atoms with Crippen molar-refractivity contribution in [1.82, 2.24) is 5.32 Å². The zero-order chi connectivity index (χ0) is 13.5. The molecule has 1 aromatic rings. The minimum atomic E-state index is -0.397. The lowest BCUT2D eigenvalue weighted by atomic mass is 10.1. The lowest BCUT2D eigenvalue weighted by molar-refractivity contribution is -0.117. The van der Waals surface area contributed by atoms with Gasteiger partial charge in [0.25, 0.3) is 5.91 Å². The Balaban J connectivity index is 2.82. The van der Waals surface area contributed by atoms with Crippen molar-refractivity contribution in [1.29, 1.82) is 0 Å². The first-order chi connectivity index (χ1) is 8.54. The fourth-order valence-electron chi connectivity index (χ4n) is 1.48. The zero-order valence-electron chi connectivity index (χ0n) is 10.3. The standard InChI is InChI=1S/C12H18N4O2/c1-2-15-12(18)9-4-3-8(13)7-10(9)16-6-5-11(14)17/h3-4,7,16H,2,5-6,13H2,1H3,(H2,14,17)(H,15,18). The van der Waals surface area contributed by atoms with Crippen LogP contribution in [0.25, 0.3) is 0 Å². The van der Waals surface area contributed by atoms with Crippen molar-refractivity contribution in [3.8, 4) is 0 Å². The van der Waals surface area contributed by atoms with Crippen LogP contribution in [-0.4, -0.2) is 24.9 Å². The van der Waals surface area contributed by atoms with E-state index in [0.29, 0.717) is 30.0 Å². The van der Waals surface area contributed by atoms with Gasteiger partial charge in [0.05, 0.1) is 5.56 Å². The van der Waals surface area contributed by atoms with Gasteiger partial charge in [-0.25, -0.2) is 0 Å². The maximum atomic E-state index is 11.8. The van der Waals surface area contributed by atoms with Crippen molar-refractivity contribution in [2.75, 3.05) is 24.1 Å². The van der Waals surface area contributed by atoms with Gasteiger partial charge in [-0.3, -0.25) is 9.59 Å². The molecule has 0 aliphatic heterocycles. The molecule has 6 N–H and O–H groups in total. The number of nitrogen functional groups attached to an aromatic ring is 1. The Morgan fingerprint density at radius 3 is 2.67 bits per heavy atom. The summed E-state index contributed by atoms with van der Waals surface area (Å²) in [7, 11) is 0. The van der Waals surface area contributed by atoms with Gasteiger partial charge in [0, 0.05) is 30.9 Å². The maximum Gasteiger partial charge on any atom is 0.253 e. The lowest BCUT2D eigenvalue weighted by Crippen LogP contribution is -2.24. The van der Waals surface area contributed by atoms with E-state index in [1.807, 2.05) is 6.92 Å². The lowest BCUT2D eigenvalue weighted by Gasteiger charge is -2.12. The molecule has 0 saturated carbocycles. The molecule has 0 atom stereocenters.